The van der Waals surface area contributed by atoms with Crippen LogP contribution in [-0.4, -0.2) is 28.9 Å². The summed E-state index contributed by atoms with van der Waals surface area (Å²) in [5.41, 5.74) is 1.83. The van der Waals surface area contributed by atoms with Crippen LogP contribution in [0.25, 0.3) is 10.7 Å². The maximum atomic E-state index is 4.53. The van der Waals surface area contributed by atoms with Gasteiger partial charge in [-0.05, 0) is 12.1 Å². The SMILES string of the molecule is c1ccc(-c2nc(C3=NCCN3)cs2)nc1. The van der Waals surface area contributed by atoms with E-state index in [0.717, 1.165) is 35.3 Å². The average Bonchev–Trinajstić information content (AvgIpc) is 3.01. The maximum absolute atomic E-state index is 4.53. The van der Waals surface area contributed by atoms with Crippen molar-refractivity contribution in [3.05, 3.63) is 35.5 Å². The number of aromatic nitrogens is 2. The van der Waals surface area contributed by atoms with E-state index in [9.17, 15) is 0 Å². The first-order valence-corrected chi connectivity index (χ1v) is 5.97. The van der Waals surface area contributed by atoms with Crippen molar-refractivity contribution in [1.82, 2.24) is 15.3 Å². The van der Waals surface area contributed by atoms with Gasteiger partial charge >= 0.3 is 0 Å². The van der Waals surface area contributed by atoms with Crippen LogP contribution in [0, 0.1) is 0 Å². The van der Waals surface area contributed by atoms with E-state index in [1.807, 2.05) is 23.6 Å². The van der Waals surface area contributed by atoms with E-state index >= 15 is 0 Å². The van der Waals surface area contributed by atoms with Gasteiger partial charge < -0.3 is 5.32 Å². The highest BCUT2D eigenvalue weighted by Gasteiger charge is 2.12. The van der Waals surface area contributed by atoms with Crippen LogP contribution in [0.5, 0.6) is 0 Å². The summed E-state index contributed by atoms with van der Waals surface area (Å²) in [6, 6.07) is 5.84. The van der Waals surface area contributed by atoms with Crippen molar-refractivity contribution in [3.8, 4) is 10.7 Å². The molecule has 5 heteroatoms. The lowest BCUT2D eigenvalue weighted by Crippen LogP contribution is -2.19. The van der Waals surface area contributed by atoms with Gasteiger partial charge in [0, 0.05) is 18.1 Å². The van der Waals surface area contributed by atoms with Crippen LogP contribution < -0.4 is 5.32 Å². The van der Waals surface area contributed by atoms with Crippen molar-refractivity contribution in [1.29, 1.82) is 0 Å². The molecule has 1 N–H and O–H groups in total. The number of hydrogen-bond acceptors (Lipinski definition) is 5. The smallest absolute Gasteiger partial charge is 0.148 e. The molecule has 0 aromatic carbocycles. The van der Waals surface area contributed by atoms with Gasteiger partial charge in [-0.15, -0.1) is 11.3 Å². The van der Waals surface area contributed by atoms with Gasteiger partial charge in [0.2, 0.25) is 0 Å². The van der Waals surface area contributed by atoms with Gasteiger partial charge in [-0.25, -0.2) is 4.98 Å². The standard InChI is InChI=1S/C11H10N4S/c1-2-4-12-8(3-1)11-15-9(7-16-11)10-13-5-6-14-10/h1-4,7H,5-6H2,(H,13,14). The van der Waals surface area contributed by atoms with Gasteiger partial charge in [0.25, 0.3) is 0 Å². The Hall–Kier alpha value is -1.75. The fourth-order valence-electron chi connectivity index (χ4n) is 1.56. The zero-order valence-electron chi connectivity index (χ0n) is 8.55. The van der Waals surface area contributed by atoms with Crippen LogP contribution in [0.1, 0.15) is 5.69 Å². The number of hydrogen-bond donors (Lipinski definition) is 1. The molecule has 0 spiro atoms. The summed E-state index contributed by atoms with van der Waals surface area (Å²) in [4.78, 5) is 13.1. The molecule has 0 radical (unpaired) electrons. The Morgan fingerprint density at radius 3 is 3.00 bits per heavy atom. The van der Waals surface area contributed by atoms with Crippen LogP contribution in [0.3, 0.4) is 0 Å². The summed E-state index contributed by atoms with van der Waals surface area (Å²) in [7, 11) is 0. The maximum Gasteiger partial charge on any atom is 0.148 e. The minimum atomic E-state index is 0.839. The van der Waals surface area contributed by atoms with E-state index in [1.54, 1.807) is 17.5 Å². The van der Waals surface area contributed by atoms with E-state index in [2.05, 4.69) is 20.3 Å². The predicted octanol–water partition coefficient (Wildman–Crippen LogP) is 1.55. The number of pyridine rings is 1. The molecule has 0 saturated heterocycles. The van der Waals surface area contributed by atoms with Crippen molar-refractivity contribution in [2.24, 2.45) is 4.99 Å². The highest BCUT2D eigenvalue weighted by molar-refractivity contribution is 7.13. The molecule has 0 saturated carbocycles. The van der Waals surface area contributed by atoms with Crippen LogP contribution in [0.2, 0.25) is 0 Å². The molecule has 2 aromatic rings. The zero-order valence-corrected chi connectivity index (χ0v) is 9.37. The van der Waals surface area contributed by atoms with Gasteiger partial charge in [-0.3, -0.25) is 9.98 Å². The molecule has 0 fully saturated rings. The quantitative estimate of drug-likeness (QED) is 0.851. The second kappa shape index (κ2) is 4.02. The third-order valence-corrected chi connectivity index (χ3v) is 3.17. The van der Waals surface area contributed by atoms with Gasteiger partial charge in [0.15, 0.2) is 0 Å². The number of aliphatic imine (C=N–C) groups is 1. The van der Waals surface area contributed by atoms with E-state index < -0.39 is 0 Å². The molecule has 2 aromatic heterocycles. The summed E-state index contributed by atoms with van der Waals surface area (Å²) < 4.78 is 0. The number of rotatable bonds is 2. The topological polar surface area (TPSA) is 50.2 Å². The summed E-state index contributed by atoms with van der Waals surface area (Å²) in [5, 5.41) is 6.16. The first-order chi connectivity index (χ1) is 7.93. The third-order valence-electron chi connectivity index (χ3n) is 2.30. The van der Waals surface area contributed by atoms with Crippen LogP contribution in [0.4, 0.5) is 0 Å². The van der Waals surface area contributed by atoms with Crippen molar-refractivity contribution in [3.63, 3.8) is 0 Å². The second-order valence-corrected chi connectivity index (χ2v) is 4.27. The zero-order chi connectivity index (χ0) is 10.8. The van der Waals surface area contributed by atoms with Crippen molar-refractivity contribution in [2.45, 2.75) is 0 Å². The van der Waals surface area contributed by atoms with E-state index in [-0.39, 0.29) is 0 Å². The molecule has 3 heterocycles. The summed E-state index contributed by atoms with van der Waals surface area (Å²) >= 11 is 1.60. The monoisotopic (exact) mass is 230 g/mol. The molecular formula is C11H10N4S. The Morgan fingerprint density at radius 2 is 2.25 bits per heavy atom. The summed E-state index contributed by atoms with van der Waals surface area (Å²) in [5.74, 6) is 0.901. The molecule has 4 nitrogen and oxygen atoms in total. The normalized spacial score (nSPS) is 14.6. The van der Waals surface area contributed by atoms with E-state index in [1.165, 1.54) is 0 Å². The Balaban J connectivity index is 1.94. The van der Waals surface area contributed by atoms with Crippen LogP contribution in [-0.2, 0) is 0 Å². The fraction of sp³-hybridized carbons (Fsp3) is 0.182. The van der Waals surface area contributed by atoms with Gasteiger partial charge in [-0.1, -0.05) is 6.07 Å². The summed E-state index contributed by atoms with van der Waals surface area (Å²) in [6.45, 7) is 1.75. The molecule has 1 aliphatic rings. The Bertz CT molecular complexity index is 518. The summed E-state index contributed by atoms with van der Waals surface area (Å²) in [6.07, 6.45) is 1.78. The van der Waals surface area contributed by atoms with Gasteiger partial charge in [0.1, 0.15) is 16.5 Å². The molecule has 1 aliphatic heterocycles. The van der Waals surface area contributed by atoms with Crippen molar-refractivity contribution >= 4 is 17.2 Å². The number of nitrogens with one attached hydrogen (secondary N) is 1. The molecule has 16 heavy (non-hydrogen) atoms. The average molecular weight is 230 g/mol. The third kappa shape index (κ3) is 1.69. The minimum absolute atomic E-state index is 0.839. The first-order valence-electron chi connectivity index (χ1n) is 5.09. The molecular weight excluding hydrogens is 220 g/mol. The van der Waals surface area contributed by atoms with Gasteiger partial charge in [0.05, 0.1) is 12.2 Å². The van der Waals surface area contributed by atoms with Crippen molar-refractivity contribution in [2.75, 3.05) is 13.1 Å². The number of thiazole rings is 1. The van der Waals surface area contributed by atoms with E-state index in [4.69, 9.17) is 0 Å². The van der Waals surface area contributed by atoms with Gasteiger partial charge in [-0.2, -0.15) is 0 Å². The lowest BCUT2D eigenvalue weighted by Gasteiger charge is -1.96. The van der Waals surface area contributed by atoms with Crippen LogP contribution in [0.15, 0.2) is 34.8 Å². The Kier molecular flexibility index (Phi) is 2.38. The molecule has 0 unspecified atom stereocenters. The largest absolute Gasteiger partial charge is 0.367 e. The molecule has 0 atom stereocenters. The van der Waals surface area contributed by atoms with Crippen LogP contribution >= 0.6 is 11.3 Å². The lowest BCUT2D eigenvalue weighted by atomic mass is 10.3. The number of amidine groups is 1. The first kappa shape index (κ1) is 9.47. The highest BCUT2D eigenvalue weighted by Crippen LogP contribution is 2.21. The molecule has 0 aliphatic carbocycles. The second-order valence-electron chi connectivity index (χ2n) is 3.41. The fourth-order valence-corrected chi connectivity index (χ4v) is 2.34. The van der Waals surface area contributed by atoms with E-state index in [0.29, 0.717) is 0 Å². The number of nitrogens with zero attached hydrogens (tertiary/aromatic N) is 3. The molecule has 0 amide bonds. The predicted molar refractivity (Wildman–Crippen MR) is 64.8 cm³/mol. The Labute approximate surface area is 97.1 Å². The molecule has 3 rings (SSSR count). The Morgan fingerprint density at radius 1 is 1.25 bits per heavy atom. The molecule has 0 bridgehead atoms. The minimum Gasteiger partial charge on any atom is -0.367 e. The van der Waals surface area contributed by atoms with Crippen molar-refractivity contribution < 1.29 is 0 Å². The molecule has 80 valence electrons. The highest BCUT2D eigenvalue weighted by atomic mass is 32.1. The lowest BCUT2D eigenvalue weighted by molar-refractivity contribution is 0.959.